The lowest BCUT2D eigenvalue weighted by Crippen LogP contribution is -2.30. The maximum absolute atomic E-state index is 11.5. The van der Waals surface area contributed by atoms with E-state index in [-0.39, 0.29) is 5.91 Å². The largest absolute Gasteiger partial charge is 0.491 e. The molecule has 0 radical (unpaired) electrons. The van der Waals surface area contributed by atoms with Crippen LogP contribution in [0.5, 0.6) is 5.75 Å². The summed E-state index contributed by atoms with van der Waals surface area (Å²) in [4.78, 5) is 11.5. The summed E-state index contributed by atoms with van der Waals surface area (Å²) in [7, 11) is 0. The van der Waals surface area contributed by atoms with Crippen molar-refractivity contribution in [2.75, 3.05) is 25.0 Å². The van der Waals surface area contributed by atoms with Gasteiger partial charge in [-0.2, -0.15) is 0 Å². The van der Waals surface area contributed by atoms with Gasteiger partial charge in [-0.15, -0.1) is 0 Å². The van der Waals surface area contributed by atoms with Crippen LogP contribution in [-0.4, -0.2) is 25.6 Å². The van der Waals surface area contributed by atoms with Crippen LogP contribution in [0.3, 0.4) is 0 Å². The molecule has 0 saturated carbocycles. The number of piperidine rings is 1. The molecule has 3 rings (SSSR count). The van der Waals surface area contributed by atoms with Gasteiger partial charge in [-0.1, -0.05) is 6.07 Å². The first-order valence-corrected chi connectivity index (χ1v) is 7.07. The molecule has 1 saturated heterocycles. The molecule has 2 aliphatic rings. The minimum absolute atomic E-state index is 0.0373. The summed E-state index contributed by atoms with van der Waals surface area (Å²) in [6.45, 7) is 2.70. The predicted octanol–water partition coefficient (Wildman–Crippen LogP) is 1.95. The van der Waals surface area contributed by atoms with Crippen molar-refractivity contribution in [2.24, 2.45) is 5.92 Å². The number of amides is 1. The van der Waals surface area contributed by atoms with Gasteiger partial charge in [0.1, 0.15) is 5.75 Å². The molecule has 4 nitrogen and oxygen atoms in total. The van der Waals surface area contributed by atoms with Crippen molar-refractivity contribution in [1.82, 2.24) is 5.32 Å². The van der Waals surface area contributed by atoms with E-state index in [1.165, 1.54) is 18.4 Å². The molecule has 0 bridgehead atoms. The van der Waals surface area contributed by atoms with E-state index in [2.05, 4.69) is 22.8 Å². The van der Waals surface area contributed by atoms with Crippen LogP contribution in [0.4, 0.5) is 5.69 Å². The van der Waals surface area contributed by atoms with E-state index in [4.69, 9.17) is 4.74 Å². The molecule has 2 N–H and O–H groups in total. The van der Waals surface area contributed by atoms with Gasteiger partial charge in [0.25, 0.3) is 0 Å². The molecule has 1 aromatic rings. The predicted molar refractivity (Wildman–Crippen MR) is 74.5 cm³/mol. The number of fused-ring (bicyclic) bond motifs is 1. The van der Waals surface area contributed by atoms with E-state index in [0.29, 0.717) is 18.9 Å². The fraction of sp³-hybridized carbons (Fsp3) is 0.533. The van der Waals surface area contributed by atoms with Crippen LogP contribution in [-0.2, 0) is 11.2 Å². The van der Waals surface area contributed by atoms with E-state index in [1.807, 2.05) is 6.07 Å². The number of hydrogen-bond donors (Lipinski definition) is 2. The molecular weight excluding hydrogens is 240 g/mol. The van der Waals surface area contributed by atoms with Crippen molar-refractivity contribution in [2.45, 2.75) is 25.7 Å². The van der Waals surface area contributed by atoms with Crippen molar-refractivity contribution in [3.8, 4) is 5.75 Å². The lowest BCUT2D eigenvalue weighted by Gasteiger charge is -2.23. The van der Waals surface area contributed by atoms with Gasteiger partial charge in [0, 0.05) is 0 Å². The molecule has 1 aromatic carbocycles. The first-order valence-electron chi connectivity index (χ1n) is 7.07. The second kappa shape index (κ2) is 5.61. The highest BCUT2D eigenvalue weighted by Crippen LogP contribution is 2.29. The van der Waals surface area contributed by atoms with E-state index >= 15 is 0 Å². The minimum atomic E-state index is 0.0373. The topological polar surface area (TPSA) is 50.4 Å². The minimum Gasteiger partial charge on any atom is -0.491 e. The molecule has 1 fully saturated rings. The number of hydrogen-bond acceptors (Lipinski definition) is 3. The van der Waals surface area contributed by atoms with Gasteiger partial charge < -0.3 is 15.4 Å². The van der Waals surface area contributed by atoms with E-state index in [0.717, 1.165) is 30.9 Å². The van der Waals surface area contributed by atoms with Crippen LogP contribution >= 0.6 is 0 Å². The highest BCUT2D eigenvalue weighted by atomic mass is 16.5. The summed E-state index contributed by atoms with van der Waals surface area (Å²) in [6, 6.07) is 6.16. The summed E-state index contributed by atoms with van der Waals surface area (Å²) in [5.41, 5.74) is 2.10. The maximum Gasteiger partial charge on any atom is 0.227 e. The van der Waals surface area contributed by atoms with Crippen LogP contribution in [0.2, 0.25) is 0 Å². The average molecular weight is 260 g/mol. The Bertz CT molecular complexity index is 467. The van der Waals surface area contributed by atoms with Crippen LogP contribution < -0.4 is 15.4 Å². The molecule has 1 unspecified atom stereocenters. The lowest BCUT2D eigenvalue weighted by atomic mass is 9.92. The van der Waals surface area contributed by atoms with Crippen LogP contribution in [0.25, 0.3) is 0 Å². The summed E-state index contributed by atoms with van der Waals surface area (Å²) < 4.78 is 5.57. The Morgan fingerprint density at radius 3 is 3.16 bits per heavy atom. The SMILES string of the molecule is O=C1CCOc2ccc(CC3CCCNC3)cc2N1. The first kappa shape index (κ1) is 12.5. The highest BCUT2D eigenvalue weighted by Gasteiger charge is 2.17. The second-order valence-electron chi connectivity index (χ2n) is 5.39. The maximum atomic E-state index is 11.5. The average Bonchev–Trinajstić information content (AvgIpc) is 2.60. The summed E-state index contributed by atoms with van der Waals surface area (Å²) in [5.74, 6) is 1.53. The Hall–Kier alpha value is -1.55. The number of carbonyl (C=O) groups is 1. The standard InChI is InChI=1S/C15H20N2O2/c18-15-5-7-19-14-4-3-11(9-13(14)17-15)8-12-2-1-6-16-10-12/h3-4,9,12,16H,1-2,5-8,10H2,(H,17,18). The molecule has 1 amide bonds. The third kappa shape index (κ3) is 3.07. The van der Waals surface area contributed by atoms with E-state index < -0.39 is 0 Å². The number of ether oxygens (including phenoxy) is 1. The van der Waals surface area contributed by atoms with Gasteiger partial charge in [0.15, 0.2) is 0 Å². The summed E-state index contributed by atoms with van der Waals surface area (Å²) in [6.07, 6.45) is 4.04. The van der Waals surface area contributed by atoms with Crippen LogP contribution in [0.15, 0.2) is 18.2 Å². The molecule has 0 aliphatic carbocycles. The number of carbonyl (C=O) groups excluding carboxylic acids is 1. The zero-order valence-electron chi connectivity index (χ0n) is 11.1. The summed E-state index contributed by atoms with van der Waals surface area (Å²) in [5, 5.41) is 6.36. The third-order valence-corrected chi connectivity index (χ3v) is 3.83. The molecule has 0 spiro atoms. The molecule has 2 aliphatic heterocycles. The van der Waals surface area contributed by atoms with Gasteiger partial charge in [-0.05, 0) is 56.0 Å². The first-order chi connectivity index (χ1) is 9.31. The zero-order valence-corrected chi connectivity index (χ0v) is 11.1. The van der Waals surface area contributed by atoms with E-state index in [1.54, 1.807) is 0 Å². The molecule has 0 aromatic heterocycles. The Labute approximate surface area is 113 Å². The Kier molecular flexibility index (Phi) is 3.69. The van der Waals surface area contributed by atoms with Gasteiger partial charge >= 0.3 is 0 Å². The van der Waals surface area contributed by atoms with Gasteiger partial charge in [0.05, 0.1) is 18.7 Å². The number of benzene rings is 1. The molecular formula is C15H20N2O2. The highest BCUT2D eigenvalue weighted by molar-refractivity contribution is 5.93. The van der Waals surface area contributed by atoms with Crippen molar-refractivity contribution >= 4 is 11.6 Å². The number of nitrogens with one attached hydrogen (secondary N) is 2. The smallest absolute Gasteiger partial charge is 0.227 e. The van der Waals surface area contributed by atoms with Gasteiger partial charge in [-0.3, -0.25) is 4.79 Å². The molecule has 102 valence electrons. The normalized spacial score (nSPS) is 22.9. The Morgan fingerprint density at radius 1 is 1.37 bits per heavy atom. The molecule has 2 heterocycles. The quantitative estimate of drug-likeness (QED) is 0.854. The van der Waals surface area contributed by atoms with Crippen LogP contribution in [0.1, 0.15) is 24.8 Å². The van der Waals surface area contributed by atoms with Gasteiger partial charge in [0.2, 0.25) is 5.91 Å². The lowest BCUT2D eigenvalue weighted by molar-refractivity contribution is -0.116. The fourth-order valence-electron chi connectivity index (χ4n) is 2.83. The third-order valence-electron chi connectivity index (χ3n) is 3.83. The molecule has 19 heavy (non-hydrogen) atoms. The van der Waals surface area contributed by atoms with Crippen molar-refractivity contribution in [3.05, 3.63) is 23.8 Å². The Morgan fingerprint density at radius 2 is 2.32 bits per heavy atom. The monoisotopic (exact) mass is 260 g/mol. The second-order valence-corrected chi connectivity index (χ2v) is 5.39. The summed E-state index contributed by atoms with van der Waals surface area (Å²) >= 11 is 0. The fourth-order valence-corrected chi connectivity index (χ4v) is 2.83. The molecule has 1 atom stereocenters. The Balaban J connectivity index is 1.74. The zero-order chi connectivity index (χ0) is 13.1. The van der Waals surface area contributed by atoms with Crippen LogP contribution in [0, 0.1) is 5.92 Å². The number of anilines is 1. The van der Waals surface area contributed by atoms with Crippen molar-refractivity contribution < 1.29 is 9.53 Å². The molecule has 4 heteroatoms. The number of rotatable bonds is 2. The van der Waals surface area contributed by atoms with Crippen molar-refractivity contribution in [1.29, 1.82) is 0 Å². The van der Waals surface area contributed by atoms with Crippen molar-refractivity contribution in [3.63, 3.8) is 0 Å². The van der Waals surface area contributed by atoms with Gasteiger partial charge in [-0.25, -0.2) is 0 Å². The van der Waals surface area contributed by atoms with E-state index in [9.17, 15) is 4.79 Å².